The van der Waals surface area contributed by atoms with Crippen LogP contribution >= 0.6 is 24.0 Å². The number of carbonyl (C=O) groups is 2. The lowest BCUT2D eigenvalue weighted by molar-refractivity contribution is -0.305. The highest BCUT2D eigenvalue weighted by Gasteiger charge is 2.31. The minimum Gasteiger partial charge on any atom is -0.550 e. The smallest absolute Gasteiger partial charge is 0.266 e. The van der Waals surface area contributed by atoms with Gasteiger partial charge in [-0.3, -0.25) is 9.69 Å². The summed E-state index contributed by atoms with van der Waals surface area (Å²) in [6.07, 6.45) is 2.00. The molecule has 1 amide bonds. The molecule has 1 aliphatic rings. The molecular weight excluding hydrogens is 322 g/mol. The fourth-order valence-corrected chi connectivity index (χ4v) is 3.23. The van der Waals surface area contributed by atoms with Gasteiger partial charge in [0.15, 0.2) is 0 Å². The molecule has 116 valence electrons. The minimum absolute atomic E-state index is 0.0887. The van der Waals surface area contributed by atoms with Crippen molar-refractivity contribution in [2.24, 2.45) is 0 Å². The maximum absolute atomic E-state index is 12.3. The van der Waals surface area contributed by atoms with E-state index in [1.807, 2.05) is 24.3 Å². The van der Waals surface area contributed by atoms with Crippen LogP contribution in [0.2, 0.25) is 0 Å². The van der Waals surface area contributed by atoms with Crippen LogP contribution in [0.5, 0.6) is 5.75 Å². The lowest BCUT2D eigenvalue weighted by Crippen LogP contribution is -2.30. The van der Waals surface area contributed by atoms with Crippen molar-refractivity contribution >= 4 is 46.3 Å². The number of thiocarbonyl (C=S) groups is 1. The van der Waals surface area contributed by atoms with E-state index in [2.05, 4.69) is 0 Å². The second kappa shape index (κ2) is 7.42. The summed E-state index contributed by atoms with van der Waals surface area (Å²) in [6.45, 7) is 0.290. The zero-order valence-corrected chi connectivity index (χ0v) is 13.5. The summed E-state index contributed by atoms with van der Waals surface area (Å²) < 4.78 is 5.53. The summed E-state index contributed by atoms with van der Waals surface area (Å²) in [5, 5.41) is 10.4. The van der Waals surface area contributed by atoms with Gasteiger partial charge in [-0.2, -0.15) is 0 Å². The van der Waals surface area contributed by atoms with E-state index in [-0.39, 0.29) is 12.3 Å². The molecule has 0 radical (unpaired) electrons. The first kappa shape index (κ1) is 16.5. The van der Waals surface area contributed by atoms with Gasteiger partial charge < -0.3 is 14.6 Å². The number of thioether (sulfide) groups is 1. The highest BCUT2D eigenvalue weighted by Crippen LogP contribution is 2.32. The quantitative estimate of drug-likeness (QED) is 0.578. The van der Waals surface area contributed by atoms with E-state index >= 15 is 0 Å². The molecule has 1 aromatic rings. The Balaban J connectivity index is 2.06. The zero-order valence-electron chi connectivity index (χ0n) is 11.9. The molecule has 1 saturated heterocycles. The fraction of sp³-hybridized carbons (Fsp3) is 0.267. The van der Waals surface area contributed by atoms with Crippen LogP contribution in [-0.2, 0) is 9.59 Å². The normalized spacial score (nSPS) is 16.4. The summed E-state index contributed by atoms with van der Waals surface area (Å²) in [6, 6.07) is 7.32. The molecule has 0 saturated carbocycles. The Kier molecular flexibility index (Phi) is 5.57. The number of aliphatic carboxylic acids is 1. The van der Waals surface area contributed by atoms with Crippen molar-refractivity contribution in [1.29, 1.82) is 0 Å². The number of carbonyl (C=O) groups excluding carboxylic acids is 2. The largest absolute Gasteiger partial charge is 0.550 e. The van der Waals surface area contributed by atoms with Gasteiger partial charge in [0.05, 0.1) is 12.0 Å². The molecule has 1 aromatic carbocycles. The maximum atomic E-state index is 12.3. The number of nitrogens with zero attached hydrogens (tertiary/aromatic N) is 1. The number of benzene rings is 1. The standard InChI is InChI=1S/C15H15NO4S2/c1-20-11-6-4-10(5-7-11)9-12-14(19)16(15(21)22-12)8-2-3-13(17)18/h4-7,9H,2-3,8H2,1H3,(H,17,18)/p-1/b12-9+. The molecule has 0 spiro atoms. The predicted molar refractivity (Wildman–Crippen MR) is 87.1 cm³/mol. The lowest BCUT2D eigenvalue weighted by atomic mass is 10.2. The molecule has 0 aliphatic carbocycles. The third kappa shape index (κ3) is 4.08. The summed E-state index contributed by atoms with van der Waals surface area (Å²) >= 11 is 6.39. The van der Waals surface area contributed by atoms with E-state index in [0.717, 1.165) is 11.3 Å². The minimum atomic E-state index is -1.13. The first-order valence-corrected chi connectivity index (χ1v) is 7.83. The van der Waals surface area contributed by atoms with Gasteiger partial charge in [-0.15, -0.1) is 0 Å². The van der Waals surface area contributed by atoms with E-state index in [9.17, 15) is 14.7 Å². The number of carboxylic acids is 1. The highest BCUT2D eigenvalue weighted by molar-refractivity contribution is 8.26. The Hall–Kier alpha value is -1.86. The summed E-state index contributed by atoms with van der Waals surface area (Å²) in [5.74, 6) is -0.574. The van der Waals surface area contributed by atoms with Crippen molar-refractivity contribution in [2.75, 3.05) is 13.7 Å². The second-order valence-electron chi connectivity index (χ2n) is 4.58. The monoisotopic (exact) mass is 336 g/mol. The summed E-state index contributed by atoms with van der Waals surface area (Å²) in [7, 11) is 1.59. The van der Waals surface area contributed by atoms with E-state index in [0.29, 0.717) is 22.2 Å². The first-order chi connectivity index (χ1) is 10.5. The predicted octanol–water partition coefficient (Wildman–Crippen LogP) is 1.43. The number of hydrogen-bond acceptors (Lipinski definition) is 6. The van der Waals surface area contributed by atoms with Gasteiger partial charge in [-0.1, -0.05) is 36.1 Å². The van der Waals surface area contributed by atoms with E-state index in [4.69, 9.17) is 17.0 Å². The maximum Gasteiger partial charge on any atom is 0.266 e. The van der Waals surface area contributed by atoms with Crippen LogP contribution in [-0.4, -0.2) is 34.8 Å². The van der Waals surface area contributed by atoms with E-state index in [1.54, 1.807) is 13.2 Å². The van der Waals surface area contributed by atoms with Crippen molar-refractivity contribution in [1.82, 2.24) is 4.90 Å². The Labute approximate surface area is 137 Å². The molecule has 7 heteroatoms. The first-order valence-electron chi connectivity index (χ1n) is 6.60. The van der Waals surface area contributed by atoms with Gasteiger partial charge >= 0.3 is 0 Å². The number of ether oxygens (including phenoxy) is 1. The molecule has 1 heterocycles. The molecule has 0 aromatic heterocycles. The second-order valence-corrected chi connectivity index (χ2v) is 6.26. The molecule has 2 rings (SSSR count). The van der Waals surface area contributed by atoms with Crippen LogP contribution in [0.1, 0.15) is 18.4 Å². The molecular formula is C15H14NO4S2-. The SMILES string of the molecule is COc1ccc(/C=C2/SC(=S)N(CCCC(=O)[O-])C2=O)cc1. The van der Waals surface area contributed by atoms with Crippen LogP contribution < -0.4 is 9.84 Å². The Morgan fingerprint density at radius 1 is 1.41 bits per heavy atom. The summed E-state index contributed by atoms with van der Waals surface area (Å²) in [5.41, 5.74) is 0.871. The van der Waals surface area contributed by atoms with E-state index < -0.39 is 5.97 Å². The number of carboxylic acid groups (broad SMARTS) is 1. The molecule has 5 nitrogen and oxygen atoms in total. The lowest BCUT2D eigenvalue weighted by Gasteiger charge is -2.14. The van der Waals surface area contributed by atoms with Gasteiger partial charge in [0.1, 0.15) is 10.1 Å². The van der Waals surface area contributed by atoms with Crippen molar-refractivity contribution in [3.63, 3.8) is 0 Å². The molecule has 0 N–H and O–H groups in total. The number of methoxy groups -OCH3 is 1. The zero-order chi connectivity index (χ0) is 16.1. The third-order valence-electron chi connectivity index (χ3n) is 3.05. The average Bonchev–Trinajstić information content (AvgIpc) is 2.75. The van der Waals surface area contributed by atoms with E-state index in [1.165, 1.54) is 16.7 Å². The topological polar surface area (TPSA) is 69.7 Å². The van der Waals surface area contributed by atoms with Crippen molar-refractivity contribution in [3.05, 3.63) is 34.7 Å². The van der Waals surface area contributed by atoms with Crippen molar-refractivity contribution in [2.45, 2.75) is 12.8 Å². The number of rotatable bonds is 6. The molecule has 0 unspecified atom stereocenters. The van der Waals surface area contributed by atoms with Gasteiger partial charge in [-0.05, 0) is 36.6 Å². The number of amides is 1. The average molecular weight is 336 g/mol. The van der Waals surface area contributed by atoms with Crippen LogP contribution in [0.15, 0.2) is 29.2 Å². The van der Waals surface area contributed by atoms with Crippen molar-refractivity contribution in [3.8, 4) is 5.75 Å². The molecule has 0 atom stereocenters. The third-order valence-corrected chi connectivity index (χ3v) is 4.43. The Morgan fingerprint density at radius 2 is 2.09 bits per heavy atom. The molecule has 0 bridgehead atoms. The van der Waals surface area contributed by atoms with Gasteiger partial charge in [0.25, 0.3) is 5.91 Å². The van der Waals surface area contributed by atoms with Crippen LogP contribution in [0.3, 0.4) is 0 Å². The number of hydrogen-bond donors (Lipinski definition) is 0. The van der Waals surface area contributed by atoms with Gasteiger partial charge in [0, 0.05) is 12.5 Å². The van der Waals surface area contributed by atoms with Crippen molar-refractivity contribution < 1.29 is 19.4 Å². The highest BCUT2D eigenvalue weighted by atomic mass is 32.2. The summed E-state index contributed by atoms with van der Waals surface area (Å²) in [4.78, 5) is 24.7. The van der Waals surface area contributed by atoms with Crippen LogP contribution in [0, 0.1) is 0 Å². The van der Waals surface area contributed by atoms with Gasteiger partial charge in [-0.25, -0.2) is 0 Å². The fourth-order valence-electron chi connectivity index (χ4n) is 1.93. The Morgan fingerprint density at radius 3 is 2.68 bits per heavy atom. The van der Waals surface area contributed by atoms with Gasteiger partial charge in [0.2, 0.25) is 0 Å². The van der Waals surface area contributed by atoms with Crippen LogP contribution in [0.25, 0.3) is 6.08 Å². The van der Waals surface area contributed by atoms with Crippen LogP contribution in [0.4, 0.5) is 0 Å². The molecule has 1 fully saturated rings. The Bertz CT molecular complexity index is 625. The molecule has 1 aliphatic heterocycles. The molecule has 22 heavy (non-hydrogen) atoms.